The van der Waals surface area contributed by atoms with E-state index in [0.29, 0.717) is 17.7 Å². The van der Waals surface area contributed by atoms with Gasteiger partial charge >= 0.3 is 5.63 Å². The molecule has 5 nitrogen and oxygen atoms in total. The predicted molar refractivity (Wildman–Crippen MR) is 99.1 cm³/mol. The average Bonchev–Trinajstić information content (AvgIpc) is 2.59. The van der Waals surface area contributed by atoms with Gasteiger partial charge in [-0.1, -0.05) is 12.1 Å². The molecule has 0 bridgehead atoms. The number of carbonyl (C=O) groups is 1. The van der Waals surface area contributed by atoms with Crippen LogP contribution in [0.5, 0.6) is 0 Å². The zero-order valence-corrected chi connectivity index (χ0v) is 14.5. The van der Waals surface area contributed by atoms with Gasteiger partial charge in [-0.3, -0.25) is 4.79 Å². The summed E-state index contributed by atoms with van der Waals surface area (Å²) >= 11 is 0. The van der Waals surface area contributed by atoms with E-state index in [2.05, 4.69) is 10.6 Å². The second kappa shape index (κ2) is 6.81. The number of fused-ring (bicyclic) bond motifs is 1. The highest BCUT2D eigenvalue weighted by Gasteiger charge is 2.08. The Morgan fingerprint density at radius 1 is 1.08 bits per heavy atom. The van der Waals surface area contributed by atoms with Gasteiger partial charge in [-0.15, -0.1) is 0 Å². The summed E-state index contributed by atoms with van der Waals surface area (Å²) in [5.41, 5.74) is 4.65. The third-order valence-corrected chi connectivity index (χ3v) is 4.17. The number of amides is 1. The van der Waals surface area contributed by atoms with Crippen LogP contribution in [0.3, 0.4) is 0 Å². The van der Waals surface area contributed by atoms with Gasteiger partial charge in [-0.25, -0.2) is 4.79 Å². The number of benzene rings is 2. The van der Waals surface area contributed by atoms with E-state index in [4.69, 9.17) is 4.42 Å². The van der Waals surface area contributed by atoms with E-state index in [-0.39, 0.29) is 11.5 Å². The predicted octanol–water partition coefficient (Wildman–Crippen LogP) is 3.38. The van der Waals surface area contributed by atoms with Crippen LogP contribution in [0.15, 0.2) is 51.7 Å². The highest BCUT2D eigenvalue weighted by molar-refractivity contribution is 5.94. The van der Waals surface area contributed by atoms with Crippen molar-refractivity contribution >= 4 is 22.6 Å². The number of carbonyl (C=O) groups excluding carboxylic acids is 1. The van der Waals surface area contributed by atoms with Gasteiger partial charge in [0.05, 0.1) is 0 Å². The molecule has 0 aliphatic rings. The number of hydrogen-bond acceptors (Lipinski definition) is 4. The van der Waals surface area contributed by atoms with Crippen molar-refractivity contribution in [2.75, 3.05) is 12.4 Å². The minimum Gasteiger partial charge on any atom is -0.423 e. The van der Waals surface area contributed by atoms with E-state index < -0.39 is 0 Å². The highest BCUT2D eigenvalue weighted by atomic mass is 16.4. The number of anilines is 1. The Labute approximate surface area is 145 Å². The molecule has 0 unspecified atom stereocenters. The van der Waals surface area contributed by atoms with Crippen molar-refractivity contribution in [2.45, 2.75) is 20.4 Å². The standard InChI is InChI=1S/C20H20N2O3/c1-12-4-6-16-15(10-19(23)25-18(16)8-12)11-22-17-7-5-14(9-13(17)2)20(24)21-3/h4-10,22H,11H2,1-3H3,(H,21,24). The fourth-order valence-electron chi connectivity index (χ4n) is 2.82. The van der Waals surface area contributed by atoms with Crippen molar-refractivity contribution in [3.05, 3.63) is 75.1 Å². The lowest BCUT2D eigenvalue weighted by atomic mass is 10.1. The Balaban J connectivity index is 1.88. The van der Waals surface area contributed by atoms with Crippen molar-refractivity contribution < 1.29 is 9.21 Å². The zero-order valence-electron chi connectivity index (χ0n) is 14.5. The smallest absolute Gasteiger partial charge is 0.336 e. The number of hydrogen-bond donors (Lipinski definition) is 2. The largest absolute Gasteiger partial charge is 0.423 e. The molecule has 0 radical (unpaired) electrons. The van der Waals surface area contributed by atoms with Crippen LogP contribution >= 0.6 is 0 Å². The molecule has 128 valence electrons. The van der Waals surface area contributed by atoms with Crippen LogP contribution in [0, 0.1) is 13.8 Å². The summed E-state index contributed by atoms with van der Waals surface area (Å²) in [7, 11) is 1.61. The van der Waals surface area contributed by atoms with Gasteiger partial charge in [-0.05, 0) is 54.8 Å². The number of nitrogens with one attached hydrogen (secondary N) is 2. The van der Waals surface area contributed by atoms with Gasteiger partial charge in [0.1, 0.15) is 5.58 Å². The van der Waals surface area contributed by atoms with E-state index in [9.17, 15) is 9.59 Å². The highest BCUT2D eigenvalue weighted by Crippen LogP contribution is 2.21. The van der Waals surface area contributed by atoms with E-state index in [1.54, 1.807) is 13.1 Å². The lowest BCUT2D eigenvalue weighted by molar-refractivity contribution is 0.0963. The molecule has 5 heteroatoms. The van der Waals surface area contributed by atoms with Crippen molar-refractivity contribution in [1.29, 1.82) is 0 Å². The minimum atomic E-state index is -0.360. The molecule has 1 heterocycles. The average molecular weight is 336 g/mol. The Morgan fingerprint density at radius 2 is 1.88 bits per heavy atom. The molecule has 3 aromatic rings. The Bertz CT molecular complexity index is 1010. The molecular weight excluding hydrogens is 316 g/mol. The lowest BCUT2D eigenvalue weighted by Crippen LogP contribution is -2.18. The van der Waals surface area contributed by atoms with Crippen LogP contribution in [-0.4, -0.2) is 13.0 Å². The third kappa shape index (κ3) is 3.55. The maximum Gasteiger partial charge on any atom is 0.336 e. The molecular formula is C20H20N2O3. The first-order valence-corrected chi connectivity index (χ1v) is 8.08. The summed E-state index contributed by atoms with van der Waals surface area (Å²) in [6.45, 7) is 4.39. The molecule has 0 fully saturated rings. The molecule has 2 N–H and O–H groups in total. The van der Waals surface area contributed by atoms with Crippen molar-refractivity contribution in [3.63, 3.8) is 0 Å². The third-order valence-electron chi connectivity index (χ3n) is 4.17. The van der Waals surface area contributed by atoms with Gasteiger partial charge in [-0.2, -0.15) is 0 Å². The fourth-order valence-corrected chi connectivity index (χ4v) is 2.82. The first kappa shape index (κ1) is 16.8. The van der Waals surface area contributed by atoms with Crippen LogP contribution in [0.2, 0.25) is 0 Å². The number of aryl methyl sites for hydroxylation is 2. The summed E-state index contributed by atoms with van der Waals surface area (Å²) in [6, 6.07) is 12.8. The SMILES string of the molecule is CNC(=O)c1ccc(NCc2cc(=O)oc3cc(C)ccc23)c(C)c1. The molecule has 3 rings (SSSR count). The summed E-state index contributed by atoms with van der Waals surface area (Å²) in [4.78, 5) is 23.5. The van der Waals surface area contributed by atoms with E-state index in [1.165, 1.54) is 6.07 Å². The Morgan fingerprint density at radius 3 is 2.60 bits per heavy atom. The quantitative estimate of drug-likeness (QED) is 0.717. The van der Waals surface area contributed by atoms with Crippen LogP contribution in [0.25, 0.3) is 11.0 Å². The van der Waals surface area contributed by atoms with Crippen LogP contribution < -0.4 is 16.3 Å². The van der Waals surface area contributed by atoms with E-state index >= 15 is 0 Å². The van der Waals surface area contributed by atoms with Crippen LogP contribution in [0.1, 0.15) is 27.0 Å². The monoisotopic (exact) mass is 336 g/mol. The minimum absolute atomic E-state index is 0.114. The Kier molecular flexibility index (Phi) is 4.57. The molecule has 0 atom stereocenters. The normalized spacial score (nSPS) is 10.7. The van der Waals surface area contributed by atoms with Crippen LogP contribution in [0.4, 0.5) is 5.69 Å². The molecule has 0 saturated carbocycles. The molecule has 2 aromatic carbocycles. The van der Waals surface area contributed by atoms with Gasteiger partial charge in [0.2, 0.25) is 0 Å². The maximum atomic E-state index is 11.8. The maximum absolute atomic E-state index is 11.8. The molecule has 0 aliphatic carbocycles. The molecule has 25 heavy (non-hydrogen) atoms. The summed E-state index contributed by atoms with van der Waals surface area (Å²) < 4.78 is 5.29. The second-order valence-electron chi connectivity index (χ2n) is 6.05. The van der Waals surface area contributed by atoms with Crippen molar-refractivity contribution in [3.8, 4) is 0 Å². The summed E-state index contributed by atoms with van der Waals surface area (Å²) in [5.74, 6) is -0.114. The van der Waals surface area contributed by atoms with Gasteiger partial charge in [0.15, 0.2) is 0 Å². The first-order chi connectivity index (χ1) is 12.0. The first-order valence-electron chi connectivity index (χ1n) is 8.08. The summed E-state index contributed by atoms with van der Waals surface area (Å²) in [5, 5.41) is 6.86. The lowest BCUT2D eigenvalue weighted by Gasteiger charge is -2.12. The Hall–Kier alpha value is -3.08. The number of rotatable bonds is 4. The van der Waals surface area contributed by atoms with Crippen LogP contribution in [-0.2, 0) is 6.54 Å². The van der Waals surface area contributed by atoms with Gasteiger partial charge < -0.3 is 15.1 Å². The molecule has 0 aliphatic heterocycles. The molecule has 0 saturated heterocycles. The fraction of sp³-hybridized carbons (Fsp3) is 0.200. The van der Waals surface area contributed by atoms with E-state index in [0.717, 1.165) is 27.8 Å². The van der Waals surface area contributed by atoms with Gasteiger partial charge in [0.25, 0.3) is 5.91 Å². The second-order valence-corrected chi connectivity index (χ2v) is 6.05. The van der Waals surface area contributed by atoms with E-state index in [1.807, 2.05) is 44.2 Å². The van der Waals surface area contributed by atoms with Crippen molar-refractivity contribution in [2.24, 2.45) is 0 Å². The molecule has 0 spiro atoms. The van der Waals surface area contributed by atoms with Crippen molar-refractivity contribution in [1.82, 2.24) is 5.32 Å². The summed E-state index contributed by atoms with van der Waals surface area (Å²) in [6.07, 6.45) is 0. The topological polar surface area (TPSA) is 71.3 Å². The zero-order chi connectivity index (χ0) is 18.0. The molecule has 1 amide bonds. The molecule has 1 aromatic heterocycles. The van der Waals surface area contributed by atoms with Gasteiger partial charge in [0, 0.05) is 36.3 Å².